The third-order valence-corrected chi connectivity index (χ3v) is 2.46. The smallest absolute Gasteiger partial charge is 0.333 e. The number of carbonyl (C=O) groups is 1. The fourth-order valence-electron chi connectivity index (χ4n) is 1.37. The molecular weight excluding hydrogens is 228 g/mol. The lowest BCUT2D eigenvalue weighted by Crippen LogP contribution is -2.09. The fourth-order valence-corrected chi connectivity index (χ4v) is 1.37. The number of esters is 1. The molecule has 96 valence electrons. The number of carbonyl (C=O) groups excluding carboxylic acids is 1. The van der Waals surface area contributed by atoms with E-state index < -0.39 is 5.97 Å². The number of hydrogen-bond donors (Lipinski definition) is 1. The molecule has 0 aliphatic heterocycles. The lowest BCUT2D eigenvalue weighted by Gasteiger charge is -2.02. The lowest BCUT2D eigenvalue weighted by atomic mass is 10.1. The van der Waals surface area contributed by atoms with Crippen LogP contribution in [-0.4, -0.2) is 24.3 Å². The Bertz CT molecular complexity index is 444. The van der Waals surface area contributed by atoms with Crippen LogP contribution in [-0.2, 0) is 9.53 Å². The molecule has 0 fully saturated rings. The number of ether oxygens (including phenoxy) is 1. The van der Waals surface area contributed by atoms with E-state index in [2.05, 4.69) is 0 Å². The minimum atomic E-state index is -0.402. The van der Waals surface area contributed by atoms with Crippen molar-refractivity contribution >= 4 is 11.5 Å². The van der Waals surface area contributed by atoms with E-state index in [0.717, 1.165) is 11.1 Å². The third-order valence-electron chi connectivity index (χ3n) is 2.46. The molecule has 0 heterocycles. The highest BCUT2D eigenvalue weighted by Crippen LogP contribution is 2.13. The zero-order valence-corrected chi connectivity index (χ0v) is 10.7. The standard InChI is InChI=1S/C15H18O3/c1-12(14-6-4-3-5-7-14)8-9-13(2)15(17)18-11-10-16/h3-9,16H,10-11H2,1-2H3. The van der Waals surface area contributed by atoms with Crippen LogP contribution in [0.2, 0.25) is 0 Å². The van der Waals surface area contributed by atoms with E-state index in [1.54, 1.807) is 13.0 Å². The van der Waals surface area contributed by atoms with Gasteiger partial charge in [0.1, 0.15) is 6.61 Å². The molecule has 0 aliphatic rings. The first-order valence-corrected chi connectivity index (χ1v) is 5.83. The second-order valence-corrected chi connectivity index (χ2v) is 3.92. The highest BCUT2D eigenvalue weighted by molar-refractivity contribution is 5.88. The van der Waals surface area contributed by atoms with Crippen molar-refractivity contribution in [2.24, 2.45) is 0 Å². The molecule has 0 atom stereocenters. The van der Waals surface area contributed by atoms with Crippen LogP contribution >= 0.6 is 0 Å². The van der Waals surface area contributed by atoms with Gasteiger partial charge in [-0.05, 0) is 25.0 Å². The Hall–Kier alpha value is -1.87. The molecule has 1 aromatic carbocycles. The second-order valence-electron chi connectivity index (χ2n) is 3.92. The van der Waals surface area contributed by atoms with Crippen molar-refractivity contribution in [3.05, 3.63) is 53.6 Å². The summed E-state index contributed by atoms with van der Waals surface area (Å²) in [4.78, 5) is 11.4. The zero-order valence-electron chi connectivity index (χ0n) is 10.7. The van der Waals surface area contributed by atoms with Crippen molar-refractivity contribution < 1.29 is 14.6 Å². The van der Waals surface area contributed by atoms with Gasteiger partial charge in [-0.2, -0.15) is 0 Å². The molecule has 1 N–H and O–H groups in total. The molecule has 0 unspecified atom stereocenters. The van der Waals surface area contributed by atoms with Gasteiger partial charge in [0.05, 0.1) is 6.61 Å². The average Bonchev–Trinajstić information content (AvgIpc) is 2.42. The van der Waals surface area contributed by atoms with E-state index in [0.29, 0.717) is 5.57 Å². The molecule has 0 aromatic heterocycles. The van der Waals surface area contributed by atoms with Crippen LogP contribution in [0.3, 0.4) is 0 Å². The molecule has 0 saturated carbocycles. The van der Waals surface area contributed by atoms with Crippen LogP contribution in [0, 0.1) is 0 Å². The molecule has 3 heteroatoms. The SMILES string of the molecule is CC(=CC=C(C)c1ccccc1)C(=O)OCCO. The predicted molar refractivity (Wildman–Crippen MR) is 71.9 cm³/mol. The quantitative estimate of drug-likeness (QED) is 0.493. The van der Waals surface area contributed by atoms with Crippen LogP contribution in [0.1, 0.15) is 19.4 Å². The summed E-state index contributed by atoms with van der Waals surface area (Å²) < 4.78 is 4.80. The van der Waals surface area contributed by atoms with Crippen LogP contribution in [0.25, 0.3) is 5.57 Å². The molecule has 1 rings (SSSR count). The Morgan fingerprint density at radius 1 is 1.22 bits per heavy atom. The Morgan fingerprint density at radius 2 is 1.89 bits per heavy atom. The van der Waals surface area contributed by atoms with Crippen molar-refractivity contribution in [2.75, 3.05) is 13.2 Å². The van der Waals surface area contributed by atoms with E-state index in [1.807, 2.05) is 43.3 Å². The second kappa shape index (κ2) is 7.45. The minimum absolute atomic E-state index is 0.0331. The van der Waals surface area contributed by atoms with Crippen LogP contribution in [0.4, 0.5) is 0 Å². The Kier molecular flexibility index (Phi) is 5.88. The number of aliphatic hydroxyl groups excluding tert-OH is 1. The van der Waals surface area contributed by atoms with Gasteiger partial charge >= 0.3 is 5.97 Å². The molecule has 0 aliphatic carbocycles. The van der Waals surface area contributed by atoms with Gasteiger partial charge < -0.3 is 9.84 Å². The monoisotopic (exact) mass is 246 g/mol. The minimum Gasteiger partial charge on any atom is -0.460 e. The number of aliphatic hydroxyl groups is 1. The molecule has 0 bridgehead atoms. The van der Waals surface area contributed by atoms with Crippen molar-refractivity contribution in [2.45, 2.75) is 13.8 Å². The first-order chi connectivity index (χ1) is 8.65. The van der Waals surface area contributed by atoms with Crippen molar-refractivity contribution in [1.29, 1.82) is 0 Å². The summed E-state index contributed by atoms with van der Waals surface area (Å²) in [5, 5.41) is 8.56. The summed E-state index contributed by atoms with van der Waals surface area (Å²) in [6.07, 6.45) is 3.60. The molecule has 1 aromatic rings. The summed E-state index contributed by atoms with van der Waals surface area (Å²) in [6.45, 7) is 3.55. The van der Waals surface area contributed by atoms with Gasteiger partial charge in [-0.3, -0.25) is 0 Å². The van der Waals surface area contributed by atoms with Gasteiger partial charge in [-0.15, -0.1) is 0 Å². The van der Waals surface area contributed by atoms with E-state index in [4.69, 9.17) is 9.84 Å². The summed E-state index contributed by atoms with van der Waals surface area (Å²) >= 11 is 0. The van der Waals surface area contributed by atoms with Crippen LogP contribution < -0.4 is 0 Å². The third kappa shape index (κ3) is 4.55. The van der Waals surface area contributed by atoms with Gasteiger partial charge in [0.15, 0.2) is 0 Å². The lowest BCUT2D eigenvalue weighted by molar-refractivity contribution is -0.139. The van der Waals surface area contributed by atoms with E-state index in [-0.39, 0.29) is 13.2 Å². The summed E-state index contributed by atoms with van der Waals surface area (Å²) in [6, 6.07) is 9.93. The molecule has 0 spiro atoms. The number of benzene rings is 1. The first-order valence-electron chi connectivity index (χ1n) is 5.83. The summed E-state index contributed by atoms with van der Waals surface area (Å²) in [5.41, 5.74) is 2.70. The van der Waals surface area contributed by atoms with Gasteiger partial charge in [0.2, 0.25) is 0 Å². The Balaban J connectivity index is 2.69. The zero-order chi connectivity index (χ0) is 13.4. The molecule has 0 radical (unpaired) electrons. The van der Waals surface area contributed by atoms with Gasteiger partial charge in [-0.25, -0.2) is 4.79 Å². The predicted octanol–water partition coefficient (Wildman–Crippen LogP) is 2.57. The molecule has 3 nitrogen and oxygen atoms in total. The normalized spacial score (nSPS) is 12.4. The van der Waals surface area contributed by atoms with E-state index in [1.165, 1.54) is 0 Å². The average molecular weight is 246 g/mol. The first kappa shape index (κ1) is 14.2. The summed E-state index contributed by atoms with van der Waals surface area (Å²) in [5.74, 6) is -0.402. The Morgan fingerprint density at radius 3 is 2.50 bits per heavy atom. The van der Waals surface area contributed by atoms with Gasteiger partial charge in [0, 0.05) is 5.57 Å². The number of hydrogen-bond acceptors (Lipinski definition) is 3. The molecule has 0 amide bonds. The highest BCUT2D eigenvalue weighted by atomic mass is 16.5. The molecular formula is C15H18O3. The van der Waals surface area contributed by atoms with Crippen LogP contribution in [0.5, 0.6) is 0 Å². The molecule has 0 saturated heterocycles. The van der Waals surface area contributed by atoms with E-state index >= 15 is 0 Å². The van der Waals surface area contributed by atoms with Crippen molar-refractivity contribution in [1.82, 2.24) is 0 Å². The van der Waals surface area contributed by atoms with Crippen molar-refractivity contribution in [3.8, 4) is 0 Å². The molecule has 18 heavy (non-hydrogen) atoms. The van der Waals surface area contributed by atoms with Gasteiger partial charge in [0.25, 0.3) is 0 Å². The maximum atomic E-state index is 11.4. The van der Waals surface area contributed by atoms with Gasteiger partial charge in [-0.1, -0.05) is 42.5 Å². The number of rotatable bonds is 5. The highest BCUT2D eigenvalue weighted by Gasteiger charge is 2.03. The number of allylic oxidation sites excluding steroid dienone is 3. The van der Waals surface area contributed by atoms with Crippen LogP contribution in [0.15, 0.2) is 48.1 Å². The maximum absolute atomic E-state index is 11.4. The fraction of sp³-hybridized carbons (Fsp3) is 0.267. The van der Waals surface area contributed by atoms with E-state index in [9.17, 15) is 4.79 Å². The van der Waals surface area contributed by atoms with Crippen molar-refractivity contribution in [3.63, 3.8) is 0 Å². The largest absolute Gasteiger partial charge is 0.460 e. The summed E-state index contributed by atoms with van der Waals surface area (Å²) in [7, 11) is 0. The Labute approximate surface area is 107 Å². The maximum Gasteiger partial charge on any atom is 0.333 e. The topological polar surface area (TPSA) is 46.5 Å².